The van der Waals surface area contributed by atoms with Crippen molar-refractivity contribution in [2.75, 3.05) is 13.1 Å². The summed E-state index contributed by atoms with van der Waals surface area (Å²) in [7, 11) is 0. The molecule has 0 aliphatic heterocycles. The highest BCUT2D eigenvalue weighted by molar-refractivity contribution is 5.95. The van der Waals surface area contributed by atoms with Gasteiger partial charge in [0.15, 0.2) is 0 Å². The molecule has 0 aromatic heterocycles. The second kappa shape index (κ2) is 29.9. The van der Waals surface area contributed by atoms with Gasteiger partial charge in [-0.2, -0.15) is 0 Å². The third-order valence-electron chi connectivity index (χ3n) is 8.79. The van der Waals surface area contributed by atoms with E-state index in [0.717, 1.165) is 19.3 Å². The number of carboxylic acids is 1. The van der Waals surface area contributed by atoms with Crippen LogP contribution in [0.3, 0.4) is 0 Å². The van der Waals surface area contributed by atoms with Gasteiger partial charge in [0.2, 0.25) is 23.6 Å². The average molecular weight is 715 g/mol. The van der Waals surface area contributed by atoms with E-state index in [0.29, 0.717) is 45.2 Å². The summed E-state index contributed by atoms with van der Waals surface area (Å²) >= 11 is 0. The summed E-state index contributed by atoms with van der Waals surface area (Å²) in [4.78, 5) is 63.9. The lowest BCUT2D eigenvalue weighted by Gasteiger charge is -2.28. The number of nitrogens with two attached hydrogens (primary N) is 2. The molecular weight excluding hydrogens is 644 g/mol. The summed E-state index contributed by atoms with van der Waals surface area (Å²) in [6, 6.07) is -5.36. The Labute approximate surface area is 300 Å². The zero-order valence-electron chi connectivity index (χ0n) is 31.1. The molecule has 50 heavy (non-hydrogen) atoms. The van der Waals surface area contributed by atoms with E-state index < -0.39 is 60.1 Å². The number of carbonyl (C=O) groups excluding carboxylic acids is 4. The first-order valence-electron chi connectivity index (χ1n) is 19.1. The number of rotatable bonds is 32. The van der Waals surface area contributed by atoms with Gasteiger partial charge in [-0.25, -0.2) is 4.79 Å². The molecule has 292 valence electrons. The molecule has 0 aromatic rings. The van der Waals surface area contributed by atoms with E-state index >= 15 is 0 Å². The van der Waals surface area contributed by atoms with Crippen LogP contribution in [0.5, 0.6) is 0 Å². The number of hydrogen-bond donors (Lipinski definition) is 9. The first-order chi connectivity index (χ1) is 23.9. The number of nitrogens with one attached hydrogen (secondary N) is 4. The van der Waals surface area contributed by atoms with Crippen LogP contribution in [0.1, 0.15) is 149 Å². The number of aliphatic hydroxyl groups excluding tert-OH is 2. The molecule has 0 unspecified atom stereocenters. The second-order valence-electron chi connectivity index (χ2n) is 13.5. The second-order valence-corrected chi connectivity index (χ2v) is 13.5. The largest absolute Gasteiger partial charge is 0.480 e. The number of aliphatic carboxylic acids is 1. The summed E-state index contributed by atoms with van der Waals surface area (Å²) in [6.07, 6.45) is 15.3. The molecule has 0 aromatic carbocycles. The van der Waals surface area contributed by atoms with Crippen LogP contribution in [0, 0.1) is 0 Å². The molecule has 0 bridgehead atoms. The topological polar surface area (TPSA) is 246 Å². The van der Waals surface area contributed by atoms with Gasteiger partial charge in [0.05, 0.1) is 12.2 Å². The van der Waals surface area contributed by atoms with Gasteiger partial charge in [-0.15, -0.1) is 0 Å². The van der Waals surface area contributed by atoms with E-state index in [9.17, 15) is 39.3 Å². The Balaban J connectivity index is 5.07. The van der Waals surface area contributed by atoms with Crippen LogP contribution in [0.15, 0.2) is 0 Å². The van der Waals surface area contributed by atoms with Gasteiger partial charge in [-0.3, -0.25) is 19.2 Å². The van der Waals surface area contributed by atoms with E-state index in [4.69, 9.17) is 11.5 Å². The van der Waals surface area contributed by atoms with Gasteiger partial charge in [0.25, 0.3) is 0 Å². The van der Waals surface area contributed by atoms with Crippen molar-refractivity contribution in [3.63, 3.8) is 0 Å². The quantitative estimate of drug-likeness (QED) is 0.0461. The fraction of sp³-hybridized carbons (Fsp3) is 0.861. The molecule has 0 radical (unpaired) electrons. The minimum absolute atomic E-state index is 0.0989. The summed E-state index contributed by atoms with van der Waals surface area (Å²) in [5, 5.41) is 40.0. The molecule has 6 atom stereocenters. The van der Waals surface area contributed by atoms with Crippen molar-refractivity contribution in [3.05, 3.63) is 0 Å². The molecule has 0 rings (SSSR count). The van der Waals surface area contributed by atoms with Crippen LogP contribution in [0.4, 0.5) is 0 Å². The summed E-state index contributed by atoms with van der Waals surface area (Å²) in [5.41, 5.74) is 11.1. The Morgan fingerprint density at radius 2 is 0.920 bits per heavy atom. The predicted molar refractivity (Wildman–Crippen MR) is 195 cm³/mol. The normalized spacial score (nSPS) is 14.9. The monoisotopic (exact) mass is 715 g/mol. The lowest BCUT2D eigenvalue weighted by atomic mass is 10.0. The molecule has 14 heteroatoms. The van der Waals surface area contributed by atoms with Crippen molar-refractivity contribution in [2.24, 2.45) is 11.5 Å². The maximum atomic E-state index is 13.3. The van der Waals surface area contributed by atoms with Crippen molar-refractivity contribution in [2.45, 2.75) is 186 Å². The highest BCUT2D eigenvalue weighted by atomic mass is 16.4. The third-order valence-corrected chi connectivity index (χ3v) is 8.79. The van der Waals surface area contributed by atoms with E-state index in [-0.39, 0.29) is 25.2 Å². The molecule has 4 amide bonds. The number of carbonyl (C=O) groups is 5. The van der Waals surface area contributed by atoms with E-state index in [1.165, 1.54) is 71.6 Å². The number of unbranched alkanes of at least 4 members (excludes halogenated alkanes) is 14. The third kappa shape index (κ3) is 22.8. The number of carboxylic acid groups (broad SMARTS) is 1. The Morgan fingerprint density at radius 3 is 1.34 bits per heavy atom. The Kier molecular flexibility index (Phi) is 28.2. The lowest BCUT2D eigenvalue weighted by molar-refractivity contribution is -0.143. The summed E-state index contributed by atoms with van der Waals surface area (Å²) in [5.74, 6) is -4.17. The first kappa shape index (κ1) is 47.2. The summed E-state index contributed by atoms with van der Waals surface area (Å²) < 4.78 is 0. The van der Waals surface area contributed by atoms with E-state index in [1.54, 1.807) is 0 Å². The van der Waals surface area contributed by atoms with Crippen molar-refractivity contribution in [3.8, 4) is 0 Å². The smallest absolute Gasteiger partial charge is 0.326 e. The summed E-state index contributed by atoms with van der Waals surface area (Å²) in [6.45, 7) is 5.50. The predicted octanol–water partition coefficient (Wildman–Crippen LogP) is 2.51. The molecule has 0 aliphatic carbocycles. The Morgan fingerprint density at radius 1 is 0.520 bits per heavy atom. The van der Waals surface area contributed by atoms with Crippen LogP contribution in [-0.2, 0) is 24.0 Å². The number of aliphatic hydroxyl groups is 2. The SMILES string of the molecule is CCCCCCCCCCCCCCCC(=O)N[C@@H](CCCCN)C(=O)N[C@H](C(=O)N[C@H](C(=O)N[C@@H](CCCCN)C(=O)O)[C@@H](C)O)[C@@H](C)O. The van der Waals surface area contributed by atoms with E-state index in [1.807, 2.05) is 0 Å². The number of amides is 4. The fourth-order valence-electron chi connectivity index (χ4n) is 5.65. The van der Waals surface area contributed by atoms with Crippen LogP contribution >= 0.6 is 0 Å². The van der Waals surface area contributed by atoms with Crippen LogP contribution < -0.4 is 32.7 Å². The first-order valence-corrected chi connectivity index (χ1v) is 19.1. The van der Waals surface area contributed by atoms with Crippen molar-refractivity contribution in [1.29, 1.82) is 0 Å². The molecule has 0 saturated heterocycles. The van der Waals surface area contributed by atoms with Gasteiger partial charge in [0.1, 0.15) is 24.2 Å². The van der Waals surface area contributed by atoms with Gasteiger partial charge in [-0.1, -0.05) is 84.0 Å². The molecule has 11 N–H and O–H groups in total. The molecular formula is C36H70N6O8. The number of hydrogen-bond acceptors (Lipinski definition) is 9. The highest BCUT2D eigenvalue weighted by Gasteiger charge is 2.35. The van der Waals surface area contributed by atoms with Gasteiger partial charge >= 0.3 is 5.97 Å². The molecule has 0 aliphatic rings. The molecule has 0 heterocycles. The van der Waals surface area contributed by atoms with Crippen LogP contribution in [0.25, 0.3) is 0 Å². The maximum absolute atomic E-state index is 13.3. The van der Waals surface area contributed by atoms with Gasteiger partial charge in [-0.05, 0) is 71.9 Å². The fourth-order valence-corrected chi connectivity index (χ4v) is 5.65. The van der Waals surface area contributed by atoms with Crippen LogP contribution in [-0.4, -0.2) is 94.4 Å². The average Bonchev–Trinajstić information content (AvgIpc) is 3.06. The minimum Gasteiger partial charge on any atom is -0.480 e. The standard InChI is InChI=1S/C36H70N6O8/c1-4-5-6-7-8-9-10-11-12-13-14-15-16-23-30(45)39-28(21-17-19-24-37)33(46)41-32(27(3)44)35(48)42-31(26(2)43)34(47)40-29(36(49)50)22-18-20-25-38/h26-29,31-32,43-44H,4-25,37-38H2,1-3H3,(H,39,45)(H,40,47)(H,41,46)(H,42,48)(H,49,50)/t26-,27-,28+,29+,31+,32+/m1/s1. The van der Waals surface area contributed by atoms with Crippen molar-refractivity contribution < 1.29 is 39.3 Å². The lowest BCUT2D eigenvalue weighted by Crippen LogP contribution is -2.62. The molecule has 0 fully saturated rings. The van der Waals surface area contributed by atoms with Gasteiger partial charge < -0.3 is 48.1 Å². The zero-order valence-corrected chi connectivity index (χ0v) is 31.1. The maximum Gasteiger partial charge on any atom is 0.326 e. The minimum atomic E-state index is -1.57. The Bertz CT molecular complexity index is 952. The van der Waals surface area contributed by atoms with Crippen LogP contribution in [0.2, 0.25) is 0 Å². The Hall–Kier alpha value is -2.81. The van der Waals surface area contributed by atoms with Crippen molar-refractivity contribution in [1.82, 2.24) is 21.3 Å². The van der Waals surface area contributed by atoms with Crippen molar-refractivity contribution >= 4 is 29.6 Å². The van der Waals surface area contributed by atoms with Gasteiger partial charge in [0, 0.05) is 6.42 Å². The molecule has 0 saturated carbocycles. The van der Waals surface area contributed by atoms with E-state index in [2.05, 4.69) is 28.2 Å². The highest BCUT2D eigenvalue weighted by Crippen LogP contribution is 2.13. The molecule has 14 nitrogen and oxygen atoms in total. The zero-order chi connectivity index (χ0) is 37.7. The molecule has 0 spiro atoms.